The number of ether oxygens (including phenoxy) is 2. The Bertz CT molecular complexity index is 856. The highest BCUT2D eigenvalue weighted by Crippen LogP contribution is 2.17. The number of rotatable bonds is 7. The molecule has 25 heavy (non-hydrogen) atoms. The summed E-state index contributed by atoms with van der Waals surface area (Å²) in [5, 5.41) is 0. The fourth-order valence-corrected chi connectivity index (χ4v) is 2.93. The Labute approximate surface area is 148 Å². The van der Waals surface area contributed by atoms with Crippen LogP contribution in [0, 0.1) is 6.92 Å². The Hall–Kier alpha value is -2.34. The topological polar surface area (TPSA) is 69.7 Å². The van der Waals surface area contributed by atoms with Gasteiger partial charge in [-0.15, -0.1) is 0 Å². The fraction of sp³-hybridized carbons (Fsp3) is 0.316. The zero-order valence-corrected chi connectivity index (χ0v) is 15.4. The van der Waals surface area contributed by atoms with Crippen molar-refractivity contribution in [1.82, 2.24) is 0 Å². The lowest BCUT2D eigenvalue weighted by Crippen LogP contribution is -2.14. The molecule has 0 saturated carbocycles. The van der Waals surface area contributed by atoms with Gasteiger partial charge in [0.1, 0.15) is 19.0 Å². The molecule has 6 heteroatoms. The fourth-order valence-electron chi connectivity index (χ4n) is 2.28. The minimum atomic E-state index is -3.38. The van der Waals surface area contributed by atoms with E-state index in [2.05, 4.69) is 6.92 Å². The maximum absolute atomic E-state index is 12.2. The molecule has 2 aromatic rings. The number of hydrogen-bond acceptors (Lipinski definition) is 5. The molecular formula is C19H22O5S. The second-order valence-corrected chi connectivity index (χ2v) is 7.75. The van der Waals surface area contributed by atoms with Crippen LogP contribution in [0.5, 0.6) is 5.75 Å². The van der Waals surface area contributed by atoms with Crippen molar-refractivity contribution in [3.63, 3.8) is 0 Å². The predicted molar refractivity (Wildman–Crippen MR) is 95.9 cm³/mol. The Kier molecular flexibility index (Phi) is 6.20. The van der Waals surface area contributed by atoms with E-state index in [4.69, 9.17) is 9.47 Å². The minimum absolute atomic E-state index is 0.0811. The largest absolute Gasteiger partial charge is 0.490 e. The highest BCUT2D eigenvalue weighted by Gasteiger charge is 2.15. The predicted octanol–water partition coefficient (Wildman–Crippen LogP) is 3.20. The number of carbonyl (C=O) groups is 1. The standard InChI is InChI=1S/C19H22O5S/c1-4-15-6-5-7-16(12-15)23-10-11-24-19(20)18-13-17(25(3,21)22)9-8-14(18)2/h5-9,12-13H,4,10-11H2,1-3H3. The van der Waals surface area contributed by atoms with Crippen molar-refractivity contribution >= 4 is 15.8 Å². The summed E-state index contributed by atoms with van der Waals surface area (Å²) < 4.78 is 34.0. The summed E-state index contributed by atoms with van der Waals surface area (Å²) in [4.78, 5) is 12.3. The highest BCUT2D eigenvalue weighted by molar-refractivity contribution is 7.90. The van der Waals surface area contributed by atoms with Gasteiger partial charge < -0.3 is 9.47 Å². The lowest BCUT2D eigenvalue weighted by molar-refractivity contribution is 0.0449. The molecule has 0 aliphatic carbocycles. The van der Waals surface area contributed by atoms with Gasteiger partial charge in [0.25, 0.3) is 0 Å². The van der Waals surface area contributed by atoms with Crippen molar-refractivity contribution < 1.29 is 22.7 Å². The van der Waals surface area contributed by atoms with E-state index in [0.717, 1.165) is 18.4 Å². The van der Waals surface area contributed by atoms with Crippen LogP contribution in [0.1, 0.15) is 28.4 Å². The summed E-state index contributed by atoms with van der Waals surface area (Å²) in [6, 6.07) is 12.1. The zero-order valence-electron chi connectivity index (χ0n) is 14.6. The number of sulfone groups is 1. The molecule has 0 unspecified atom stereocenters. The molecule has 2 aromatic carbocycles. The first kappa shape index (κ1) is 19.0. The smallest absolute Gasteiger partial charge is 0.338 e. The van der Waals surface area contributed by atoms with E-state index in [1.807, 2.05) is 24.3 Å². The third-order valence-electron chi connectivity index (χ3n) is 3.75. The summed E-state index contributed by atoms with van der Waals surface area (Å²) in [6.07, 6.45) is 2.02. The number of carbonyl (C=O) groups excluding carboxylic acids is 1. The number of benzene rings is 2. The lowest BCUT2D eigenvalue weighted by atomic mass is 10.1. The first-order valence-corrected chi connectivity index (χ1v) is 9.90. The average molecular weight is 362 g/mol. The summed E-state index contributed by atoms with van der Waals surface area (Å²) in [5.74, 6) is 0.166. The third kappa shape index (κ3) is 5.32. The van der Waals surface area contributed by atoms with Crippen LogP contribution in [-0.4, -0.2) is 33.9 Å². The van der Waals surface area contributed by atoms with Crippen LogP contribution in [0.2, 0.25) is 0 Å². The second kappa shape index (κ2) is 8.16. The van der Waals surface area contributed by atoms with Crippen LogP contribution in [0.4, 0.5) is 0 Å². The molecule has 0 aromatic heterocycles. The molecule has 0 heterocycles. The van der Waals surface area contributed by atoms with Gasteiger partial charge in [0.2, 0.25) is 0 Å². The molecule has 0 saturated heterocycles. The molecule has 0 radical (unpaired) electrons. The van der Waals surface area contributed by atoms with Crippen LogP contribution in [0.25, 0.3) is 0 Å². The van der Waals surface area contributed by atoms with E-state index in [9.17, 15) is 13.2 Å². The van der Waals surface area contributed by atoms with Gasteiger partial charge >= 0.3 is 5.97 Å². The van der Waals surface area contributed by atoms with Crippen molar-refractivity contribution in [3.05, 3.63) is 59.2 Å². The summed E-state index contributed by atoms with van der Waals surface area (Å²) in [5.41, 5.74) is 2.08. The number of hydrogen-bond donors (Lipinski definition) is 0. The van der Waals surface area contributed by atoms with Crippen molar-refractivity contribution in [2.24, 2.45) is 0 Å². The van der Waals surface area contributed by atoms with Gasteiger partial charge in [-0.05, 0) is 48.7 Å². The van der Waals surface area contributed by atoms with Gasteiger partial charge in [0, 0.05) is 6.26 Å². The van der Waals surface area contributed by atoms with Gasteiger partial charge in [-0.25, -0.2) is 13.2 Å². The molecule has 0 N–H and O–H groups in total. The molecule has 134 valence electrons. The van der Waals surface area contributed by atoms with E-state index in [1.165, 1.54) is 17.7 Å². The van der Waals surface area contributed by atoms with Crippen molar-refractivity contribution in [2.75, 3.05) is 19.5 Å². The molecule has 0 fully saturated rings. The van der Waals surface area contributed by atoms with Gasteiger partial charge in [0.05, 0.1) is 10.5 Å². The SMILES string of the molecule is CCc1cccc(OCCOC(=O)c2cc(S(C)(=O)=O)ccc2C)c1. The molecule has 2 rings (SSSR count). The average Bonchev–Trinajstić information content (AvgIpc) is 2.58. The zero-order chi connectivity index (χ0) is 18.4. The van der Waals surface area contributed by atoms with Crippen LogP contribution in [0.3, 0.4) is 0 Å². The highest BCUT2D eigenvalue weighted by atomic mass is 32.2. The van der Waals surface area contributed by atoms with Gasteiger partial charge in [0.15, 0.2) is 9.84 Å². The van der Waals surface area contributed by atoms with E-state index in [1.54, 1.807) is 13.0 Å². The van der Waals surface area contributed by atoms with Crippen molar-refractivity contribution in [3.8, 4) is 5.75 Å². The maximum atomic E-state index is 12.2. The van der Waals surface area contributed by atoms with Gasteiger partial charge in [-0.3, -0.25) is 0 Å². The molecule has 5 nitrogen and oxygen atoms in total. The van der Waals surface area contributed by atoms with Crippen LogP contribution in [0.15, 0.2) is 47.4 Å². The lowest BCUT2D eigenvalue weighted by Gasteiger charge is -2.10. The quantitative estimate of drug-likeness (QED) is 0.559. The van der Waals surface area contributed by atoms with E-state index in [0.29, 0.717) is 5.56 Å². The first-order valence-electron chi connectivity index (χ1n) is 8.01. The minimum Gasteiger partial charge on any atom is -0.490 e. The monoisotopic (exact) mass is 362 g/mol. The Morgan fingerprint density at radius 3 is 2.52 bits per heavy atom. The summed E-state index contributed by atoms with van der Waals surface area (Å²) in [6.45, 7) is 4.10. The molecular weight excluding hydrogens is 340 g/mol. The van der Waals surface area contributed by atoms with Crippen molar-refractivity contribution in [1.29, 1.82) is 0 Å². The molecule has 0 spiro atoms. The molecule has 0 aliphatic heterocycles. The number of aryl methyl sites for hydroxylation is 2. The van der Waals surface area contributed by atoms with Crippen molar-refractivity contribution in [2.45, 2.75) is 25.2 Å². The normalized spacial score (nSPS) is 11.2. The first-order chi connectivity index (χ1) is 11.8. The second-order valence-electron chi connectivity index (χ2n) is 5.73. The Morgan fingerprint density at radius 1 is 1.08 bits per heavy atom. The third-order valence-corrected chi connectivity index (χ3v) is 4.86. The maximum Gasteiger partial charge on any atom is 0.338 e. The summed E-state index contributed by atoms with van der Waals surface area (Å²) >= 11 is 0. The van der Waals surface area contributed by atoms with Crippen LogP contribution in [-0.2, 0) is 21.0 Å². The van der Waals surface area contributed by atoms with Gasteiger partial charge in [-0.1, -0.05) is 25.1 Å². The van der Waals surface area contributed by atoms with Crippen LogP contribution >= 0.6 is 0 Å². The van der Waals surface area contributed by atoms with E-state index < -0.39 is 15.8 Å². The number of esters is 1. The molecule has 0 aliphatic rings. The van der Waals surface area contributed by atoms with Crippen LogP contribution < -0.4 is 4.74 Å². The summed E-state index contributed by atoms with van der Waals surface area (Å²) in [7, 11) is -3.38. The van der Waals surface area contributed by atoms with Gasteiger partial charge in [-0.2, -0.15) is 0 Å². The Balaban J connectivity index is 1.94. The molecule has 0 bridgehead atoms. The molecule has 0 atom stereocenters. The molecule has 0 amide bonds. The Morgan fingerprint density at radius 2 is 1.84 bits per heavy atom. The van der Waals surface area contributed by atoms with E-state index in [-0.39, 0.29) is 23.7 Å². The van der Waals surface area contributed by atoms with E-state index >= 15 is 0 Å².